The summed E-state index contributed by atoms with van der Waals surface area (Å²) in [6.07, 6.45) is 10.8. The highest BCUT2D eigenvalue weighted by atomic mass is 16.4. The first-order valence-corrected chi connectivity index (χ1v) is 10.6. The van der Waals surface area contributed by atoms with Crippen molar-refractivity contribution in [2.75, 3.05) is 26.2 Å². The molecule has 1 unspecified atom stereocenters. The number of carbonyl (C=O) groups is 2. The van der Waals surface area contributed by atoms with Crippen LogP contribution in [0, 0.1) is 5.92 Å². The minimum atomic E-state index is -1.08. The van der Waals surface area contributed by atoms with Crippen LogP contribution in [0.25, 0.3) is 0 Å². The molecule has 26 heavy (non-hydrogen) atoms. The quantitative estimate of drug-likeness (QED) is 0.387. The van der Waals surface area contributed by atoms with E-state index >= 15 is 0 Å². The van der Waals surface area contributed by atoms with Gasteiger partial charge in [0.05, 0.1) is 38.5 Å². The van der Waals surface area contributed by atoms with Gasteiger partial charge in [0.15, 0.2) is 0 Å². The van der Waals surface area contributed by atoms with Gasteiger partial charge in [-0.15, -0.1) is 0 Å². The molecule has 0 aliphatic heterocycles. The van der Waals surface area contributed by atoms with E-state index < -0.39 is 17.9 Å². The van der Waals surface area contributed by atoms with Gasteiger partial charge in [-0.3, -0.25) is 9.59 Å². The molecule has 0 aromatic heterocycles. The van der Waals surface area contributed by atoms with Crippen molar-refractivity contribution in [1.82, 2.24) is 0 Å². The Kier molecular flexibility index (Phi) is 18.1. The highest BCUT2D eigenvalue weighted by Gasteiger charge is 2.24. The second-order valence-corrected chi connectivity index (χ2v) is 7.49. The Hall–Kier alpha value is -1.10. The smallest absolute Gasteiger partial charge is 0.306 e. The number of rotatable bonds is 15. The first-order chi connectivity index (χ1) is 12.3. The largest absolute Gasteiger partial charge is 0.481 e. The van der Waals surface area contributed by atoms with Crippen LogP contribution in [-0.4, -0.2) is 52.8 Å². The van der Waals surface area contributed by atoms with E-state index in [1.165, 1.54) is 89.0 Å². The van der Waals surface area contributed by atoms with Crippen molar-refractivity contribution in [3.8, 4) is 0 Å². The maximum absolute atomic E-state index is 9.97. The molecule has 0 bridgehead atoms. The molecule has 0 rings (SSSR count). The zero-order valence-corrected chi connectivity index (χ0v) is 17.9. The summed E-state index contributed by atoms with van der Waals surface area (Å²) in [7, 11) is 0. The van der Waals surface area contributed by atoms with Gasteiger partial charge in [0.1, 0.15) is 0 Å². The predicted octanol–water partition coefficient (Wildman–Crippen LogP) is 5.19. The lowest BCUT2D eigenvalue weighted by Crippen LogP contribution is -2.50. The third kappa shape index (κ3) is 15.2. The van der Waals surface area contributed by atoms with Gasteiger partial charge in [-0.1, -0.05) is 60.3 Å². The van der Waals surface area contributed by atoms with E-state index in [9.17, 15) is 9.59 Å². The summed E-state index contributed by atoms with van der Waals surface area (Å²) in [6, 6.07) is 0. The lowest BCUT2D eigenvalue weighted by atomic mass is 10.1. The average molecular weight is 375 g/mol. The van der Waals surface area contributed by atoms with Crippen molar-refractivity contribution in [1.29, 1.82) is 0 Å². The molecule has 0 amide bonds. The Morgan fingerprint density at radius 1 is 0.731 bits per heavy atom. The number of unbranched alkanes of at least 4 members (excludes halogenated alkanes) is 4. The maximum Gasteiger partial charge on any atom is 0.306 e. The van der Waals surface area contributed by atoms with Gasteiger partial charge in [-0.25, -0.2) is 0 Å². The van der Waals surface area contributed by atoms with E-state index in [-0.39, 0.29) is 6.42 Å². The van der Waals surface area contributed by atoms with Crippen LogP contribution in [0.4, 0.5) is 0 Å². The highest BCUT2D eigenvalue weighted by molar-refractivity contribution is 5.77. The van der Waals surface area contributed by atoms with E-state index in [1.54, 1.807) is 0 Å². The molecule has 5 nitrogen and oxygen atoms in total. The van der Waals surface area contributed by atoms with Crippen LogP contribution in [-0.2, 0) is 9.59 Å². The van der Waals surface area contributed by atoms with Gasteiger partial charge in [-0.05, 0) is 25.7 Å². The Morgan fingerprint density at radius 3 is 1.19 bits per heavy atom. The van der Waals surface area contributed by atoms with Gasteiger partial charge >= 0.3 is 11.9 Å². The predicted molar refractivity (Wildman–Crippen MR) is 108 cm³/mol. The van der Waals surface area contributed by atoms with Crippen molar-refractivity contribution in [2.45, 2.75) is 92.4 Å². The van der Waals surface area contributed by atoms with Crippen molar-refractivity contribution in [3.63, 3.8) is 0 Å². The number of aliphatic carboxylic acids is 2. The van der Waals surface area contributed by atoms with Crippen molar-refractivity contribution in [3.05, 3.63) is 0 Å². The summed E-state index contributed by atoms with van der Waals surface area (Å²) in [5.74, 6) is -2.94. The van der Waals surface area contributed by atoms with Crippen LogP contribution in [0.3, 0.4) is 0 Å². The van der Waals surface area contributed by atoms with Crippen molar-refractivity contribution in [2.24, 2.45) is 5.92 Å². The first-order valence-electron chi connectivity index (χ1n) is 10.6. The summed E-state index contributed by atoms with van der Waals surface area (Å²) in [5.41, 5.74) is 0. The van der Waals surface area contributed by atoms with E-state index in [0.29, 0.717) is 0 Å². The molecule has 0 aromatic rings. The van der Waals surface area contributed by atoms with E-state index in [2.05, 4.69) is 27.7 Å². The molecular formula is C21H44NO4+. The van der Waals surface area contributed by atoms with Gasteiger partial charge in [-0.2, -0.15) is 0 Å². The summed E-state index contributed by atoms with van der Waals surface area (Å²) in [6.45, 7) is 16.4. The van der Waals surface area contributed by atoms with Crippen molar-refractivity contribution < 1.29 is 24.3 Å². The molecule has 0 radical (unpaired) electrons. The fraction of sp³-hybridized carbons (Fsp3) is 0.905. The first kappa shape index (κ1) is 27.1. The number of hydrogen-bond acceptors (Lipinski definition) is 2. The Balaban J connectivity index is 0. The minimum Gasteiger partial charge on any atom is -0.481 e. The second-order valence-electron chi connectivity index (χ2n) is 7.49. The van der Waals surface area contributed by atoms with E-state index in [4.69, 9.17) is 10.2 Å². The number of hydrogen-bond donors (Lipinski definition) is 2. The molecule has 0 aliphatic rings. The van der Waals surface area contributed by atoms with Crippen LogP contribution in [0.15, 0.2) is 0 Å². The van der Waals surface area contributed by atoms with Crippen molar-refractivity contribution >= 4 is 11.9 Å². The fourth-order valence-electron chi connectivity index (χ4n) is 2.99. The molecule has 0 saturated heterocycles. The molecule has 1 atom stereocenters. The van der Waals surface area contributed by atoms with Crippen LogP contribution >= 0.6 is 0 Å². The average Bonchev–Trinajstić information content (AvgIpc) is 2.60. The number of nitrogens with zero attached hydrogens (tertiary/aromatic N) is 1. The van der Waals surface area contributed by atoms with Gasteiger partial charge in [0, 0.05) is 0 Å². The minimum absolute atomic E-state index is 0.310. The standard InChI is InChI=1S/C16H36N.C5H8O4/c1-5-9-13-17(14-10-6-2,15-11-7-3)16-12-8-4;1-3(5(8)9)2-4(6)7/h5-16H2,1-4H3;3H,2H2,1H3,(H,6,7)(H,8,9)/q+1;. The molecule has 0 saturated carbocycles. The van der Waals surface area contributed by atoms with Gasteiger partial charge in [0.25, 0.3) is 0 Å². The van der Waals surface area contributed by atoms with Crippen LogP contribution in [0.2, 0.25) is 0 Å². The second kappa shape index (κ2) is 17.3. The SMILES string of the molecule is CC(CC(=O)O)C(=O)O.CCCC[N+](CCCC)(CCCC)CCCC. The normalized spacial score (nSPS) is 12.2. The molecule has 5 heteroatoms. The third-order valence-electron chi connectivity index (χ3n) is 4.85. The molecule has 0 fully saturated rings. The van der Waals surface area contributed by atoms with E-state index in [0.717, 1.165) is 0 Å². The summed E-state index contributed by atoms with van der Waals surface area (Å²) >= 11 is 0. The Bertz CT molecular complexity index is 320. The van der Waals surface area contributed by atoms with Crippen LogP contribution < -0.4 is 0 Å². The topological polar surface area (TPSA) is 74.6 Å². The van der Waals surface area contributed by atoms with Crippen LogP contribution in [0.1, 0.15) is 92.4 Å². The van der Waals surface area contributed by atoms with Gasteiger partial charge in [0.2, 0.25) is 0 Å². The summed E-state index contributed by atoms with van der Waals surface area (Å²) < 4.78 is 1.42. The lowest BCUT2D eigenvalue weighted by Gasteiger charge is -2.39. The molecule has 0 aromatic carbocycles. The maximum atomic E-state index is 9.97. The number of carboxylic acid groups (broad SMARTS) is 2. The monoisotopic (exact) mass is 374 g/mol. The third-order valence-corrected chi connectivity index (χ3v) is 4.85. The lowest BCUT2D eigenvalue weighted by molar-refractivity contribution is -0.929. The summed E-state index contributed by atoms with van der Waals surface area (Å²) in [5, 5.41) is 16.2. The molecule has 0 spiro atoms. The molecule has 156 valence electrons. The van der Waals surface area contributed by atoms with E-state index in [1.807, 2.05) is 0 Å². The van der Waals surface area contributed by atoms with Crippen LogP contribution in [0.5, 0.6) is 0 Å². The molecule has 0 heterocycles. The zero-order chi connectivity index (χ0) is 20.4. The summed E-state index contributed by atoms with van der Waals surface area (Å²) in [4.78, 5) is 19.8. The Labute approximate surface area is 161 Å². The number of carboxylic acids is 2. The zero-order valence-electron chi connectivity index (χ0n) is 17.9. The number of quaternary nitrogens is 1. The molecule has 2 N–H and O–H groups in total. The Morgan fingerprint density at radius 2 is 1.04 bits per heavy atom. The molecule has 0 aliphatic carbocycles. The highest BCUT2D eigenvalue weighted by Crippen LogP contribution is 2.16. The molecular weight excluding hydrogens is 330 g/mol. The van der Waals surface area contributed by atoms with Gasteiger partial charge < -0.3 is 14.7 Å². The fourth-order valence-corrected chi connectivity index (χ4v) is 2.99.